The maximum atomic E-state index is 11.8. The molecule has 0 aromatic rings. The quantitative estimate of drug-likeness (QED) is 0.484. The van der Waals surface area contributed by atoms with Gasteiger partial charge >= 0.3 is 11.8 Å². The van der Waals surface area contributed by atoms with Crippen molar-refractivity contribution in [2.24, 2.45) is 0 Å². The minimum absolute atomic E-state index is 0.412. The molecule has 2 aliphatic rings. The zero-order valence-electron chi connectivity index (χ0n) is 9.18. The fourth-order valence-corrected chi connectivity index (χ4v) is 1.80. The fourth-order valence-electron chi connectivity index (χ4n) is 1.80. The first kappa shape index (κ1) is 11.3. The van der Waals surface area contributed by atoms with Crippen LogP contribution >= 0.6 is 0 Å². The van der Waals surface area contributed by atoms with Crippen molar-refractivity contribution in [2.45, 2.75) is 0 Å². The third-order valence-electron chi connectivity index (χ3n) is 2.78. The molecular formula is C10H16N2O4. The van der Waals surface area contributed by atoms with E-state index in [1.54, 1.807) is 9.80 Å². The predicted octanol–water partition coefficient (Wildman–Crippen LogP) is -1.30. The van der Waals surface area contributed by atoms with E-state index in [0.29, 0.717) is 52.6 Å². The molecule has 16 heavy (non-hydrogen) atoms. The summed E-state index contributed by atoms with van der Waals surface area (Å²) in [6.45, 7) is 4.10. The molecular weight excluding hydrogens is 212 g/mol. The van der Waals surface area contributed by atoms with E-state index in [1.165, 1.54) is 0 Å². The molecule has 0 aromatic heterocycles. The summed E-state index contributed by atoms with van der Waals surface area (Å²) >= 11 is 0. The maximum Gasteiger partial charge on any atom is 0.312 e. The lowest BCUT2D eigenvalue weighted by Gasteiger charge is -2.31. The van der Waals surface area contributed by atoms with E-state index in [2.05, 4.69) is 0 Å². The van der Waals surface area contributed by atoms with Crippen molar-refractivity contribution in [1.29, 1.82) is 0 Å². The molecule has 0 atom stereocenters. The van der Waals surface area contributed by atoms with Crippen LogP contribution in [-0.4, -0.2) is 74.2 Å². The third kappa shape index (κ3) is 2.51. The number of morpholine rings is 2. The average molecular weight is 228 g/mol. The van der Waals surface area contributed by atoms with Gasteiger partial charge in [-0.25, -0.2) is 0 Å². The molecule has 0 aliphatic carbocycles. The zero-order valence-corrected chi connectivity index (χ0v) is 9.18. The highest BCUT2D eigenvalue weighted by Gasteiger charge is 2.28. The molecule has 0 radical (unpaired) electrons. The number of nitrogens with zero attached hydrogens (tertiary/aromatic N) is 2. The van der Waals surface area contributed by atoms with Crippen molar-refractivity contribution in [3.63, 3.8) is 0 Å². The molecule has 0 spiro atoms. The van der Waals surface area contributed by atoms with E-state index in [9.17, 15) is 9.59 Å². The van der Waals surface area contributed by atoms with Gasteiger partial charge in [0, 0.05) is 26.2 Å². The smallest absolute Gasteiger partial charge is 0.312 e. The maximum absolute atomic E-state index is 11.8. The molecule has 2 heterocycles. The summed E-state index contributed by atoms with van der Waals surface area (Å²) in [6.07, 6.45) is 0. The third-order valence-corrected chi connectivity index (χ3v) is 2.78. The van der Waals surface area contributed by atoms with Gasteiger partial charge in [0.05, 0.1) is 26.4 Å². The number of ether oxygens (including phenoxy) is 2. The van der Waals surface area contributed by atoms with Gasteiger partial charge in [-0.15, -0.1) is 0 Å². The van der Waals surface area contributed by atoms with Gasteiger partial charge < -0.3 is 19.3 Å². The SMILES string of the molecule is O=C(C(=O)N1CCOCC1)N1CCOCC1. The first-order valence-corrected chi connectivity index (χ1v) is 5.53. The number of hydrogen-bond acceptors (Lipinski definition) is 4. The molecule has 2 rings (SSSR count). The molecule has 6 heteroatoms. The van der Waals surface area contributed by atoms with Crippen molar-refractivity contribution >= 4 is 11.8 Å². The molecule has 2 amide bonds. The predicted molar refractivity (Wildman–Crippen MR) is 54.8 cm³/mol. The van der Waals surface area contributed by atoms with Crippen LogP contribution in [0.1, 0.15) is 0 Å². The number of hydrogen-bond donors (Lipinski definition) is 0. The van der Waals surface area contributed by atoms with E-state index >= 15 is 0 Å². The van der Waals surface area contributed by atoms with Crippen LogP contribution in [0.15, 0.2) is 0 Å². The van der Waals surface area contributed by atoms with E-state index in [4.69, 9.17) is 9.47 Å². The van der Waals surface area contributed by atoms with Crippen LogP contribution in [0.2, 0.25) is 0 Å². The Morgan fingerprint density at radius 1 is 0.688 bits per heavy atom. The van der Waals surface area contributed by atoms with Crippen molar-refractivity contribution in [2.75, 3.05) is 52.6 Å². The fraction of sp³-hybridized carbons (Fsp3) is 0.800. The number of rotatable bonds is 0. The largest absolute Gasteiger partial charge is 0.378 e. The number of carbonyl (C=O) groups excluding carboxylic acids is 2. The molecule has 2 saturated heterocycles. The first-order valence-electron chi connectivity index (χ1n) is 5.53. The summed E-state index contributed by atoms with van der Waals surface area (Å²) in [5.74, 6) is -0.824. The lowest BCUT2D eigenvalue weighted by atomic mass is 10.3. The summed E-state index contributed by atoms with van der Waals surface area (Å²) in [6, 6.07) is 0. The molecule has 2 fully saturated rings. The Labute approximate surface area is 94.1 Å². The van der Waals surface area contributed by atoms with Crippen molar-refractivity contribution in [3.8, 4) is 0 Å². The molecule has 0 saturated carbocycles. The second-order valence-corrected chi connectivity index (χ2v) is 3.81. The first-order chi connectivity index (χ1) is 7.79. The Balaban J connectivity index is 1.89. The highest BCUT2D eigenvalue weighted by molar-refractivity contribution is 6.34. The van der Waals surface area contributed by atoms with Gasteiger partial charge in [-0.1, -0.05) is 0 Å². The summed E-state index contributed by atoms with van der Waals surface area (Å²) in [7, 11) is 0. The lowest BCUT2D eigenvalue weighted by molar-refractivity contribution is -0.156. The standard InChI is InChI=1S/C10H16N2O4/c13-9(11-1-5-15-6-2-11)10(14)12-3-7-16-8-4-12/h1-8H2. The highest BCUT2D eigenvalue weighted by Crippen LogP contribution is 2.03. The molecule has 0 bridgehead atoms. The lowest BCUT2D eigenvalue weighted by Crippen LogP contribution is -2.51. The van der Waals surface area contributed by atoms with Crippen molar-refractivity contribution < 1.29 is 19.1 Å². The summed E-state index contributed by atoms with van der Waals surface area (Å²) in [5, 5.41) is 0. The molecule has 0 N–H and O–H groups in total. The topological polar surface area (TPSA) is 59.1 Å². The van der Waals surface area contributed by atoms with Gasteiger partial charge in [-0.05, 0) is 0 Å². The Morgan fingerprint density at radius 2 is 1.00 bits per heavy atom. The average Bonchev–Trinajstić information content (AvgIpc) is 2.39. The normalized spacial score (nSPS) is 22.0. The van der Waals surface area contributed by atoms with E-state index in [-0.39, 0.29) is 0 Å². The molecule has 0 unspecified atom stereocenters. The second kappa shape index (κ2) is 5.27. The van der Waals surface area contributed by atoms with Crippen LogP contribution < -0.4 is 0 Å². The van der Waals surface area contributed by atoms with Gasteiger partial charge in [-0.2, -0.15) is 0 Å². The van der Waals surface area contributed by atoms with E-state index in [0.717, 1.165) is 0 Å². The highest BCUT2D eigenvalue weighted by atomic mass is 16.5. The van der Waals surface area contributed by atoms with Crippen molar-refractivity contribution in [1.82, 2.24) is 9.80 Å². The van der Waals surface area contributed by atoms with Gasteiger partial charge in [0.25, 0.3) is 0 Å². The zero-order chi connectivity index (χ0) is 11.4. The Kier molecular flexibility index (Phi) is 3.74. The van der Waals surface area contributed by atoms with Crippen LogP contribution in [0.4, 0.5) is 0 Å². The molecule has 0 aromatic carbocycles. The van der Waals surface area contributed by atoms with Crippen LogP contribution in [0, 0.1) is 0 Å². The summed E-state index contributed by atoms with van der Waals surface area (Å²) < 4.78 is 10.3. The van der Waals surface area contributed by atoms with Crippen LogP contribution in [0.25, 0.3) is 0 Å². The van der Waals surface area contributed by atoms with Crippen LogP contribution in [0.3, 0.4) is 0 Å². The minimum atomic E-state index is -0.412. The van der Waals surface area contributed by atoms with Crippen LogP contribution in [-0.2, 0) is 19.1 Å². The van der Waals surface area contributed by atoms with E-state index in [1.807, 2.05) is 0 Å². The Hall–Kier alpha value is -1.14. The van der Waals surface area contributed by atoms with E-state index < -0.39 is 11.8 Å². The van der Waals surface area contributed by atoms with Gasteiger partial charge in [0.1, 0.15) is 0 Å². The summed E-state index contributed by atoms with van der Waals surface area (Å²) in [4.78, 5) is 26.8. The number of carbonyl (C=O) groups is 2. The molecule has 6 nitrogen and oxygen atoms in total. The monoisotopic (exact) mass is 228 g/mol. The molecule has 2 aliphatic heterocycles. The van der Waals surface area contributed by atoms with Gasteiger partial charge in [-0.3, -0.25) is 9.59 Å². The molecule has 90 valence electrons. The van der Waals surface area contributed by atoms with Gasteiger partial charge in [0.15, 0.2) is 0 Å². The minimum Gasteiger partial charge on any atom is -0.378 e. The Morgan fingerprint density at radius 3 is 1.31 bits per heavy atom. The number of amides is 2. The second-order valence-electron chi connectivity index (χ2n) is 3.81. The summed E-state index contributed by atoms with van der Waals surface area (Å²) in [5.41, 5.74) is 0. The van der Waals surface area contributed by atoms with Gasteiger partial charge in [0.2, 0.25) is 0 Å². The van der Waals surface area contributed by atoms with Crippen LogP contribution in [0.5, 0.6) is 0 Å². The van der Waals surface area contributed by atoms with Crippen molar-refractivity contribution in [3.05, 3.63) is 0 Å². The Bertz CT molecular complexity index is 242.